The van der Waals surface area contributed by atoms with Gasteiger partial charge in [-0.1, -0.05) is 15.9 Å². The van der Waals surface area contributed by atoms with E-state index < -0.39 is 17.4 Å². The molecule has 0 atom stereocenters. The van der Waals surface area contributed by atoms with Gasteiger partial charge in [0.1, 0.15) is 11.6 Å². The summed E-state index contributed by atoms with van der Waals surface area (Å²) >= 11 is 6.16. The summed E-state index contributed by atoms with van der Waals surface area (Å²) < 4.78 is 28.0. The summed E-state index contributed by atoms with van der Waals surface area (Å²) in [7, 11) is 0. The molecule has 0 radical (unpaired) electrons. The maximum atomic E-state index is 13.8. The quantitative estimate of drug-likeness (QED) is 0.520. The van der Waals surface area contributed by atoms with Gasteiger partial charge < -0.3 is 0 Å². The minimum Gasteiger partial charge on any atom is -0.288 e. The van der Waals surface area contributed by atoms with Crippen molar-refractivity contribution in [1.29, 1.82) is 0 Å². The van der Waals surface area contributed by atoms with Crippen LogP contribution in [0.15, 0.2) is 39.3 Å². The van der Waals surface area contributed by atoms with Gasteiger partial charge in [0.15, 0.2) is 5.78 Å². The Morgan fingerprint density at radius 3 is 2.32 bits per heavy atom. The molecule has 2 aromatic carbocycles. The Bertz CT molecular complexity index is 669. The Hall–Kier alpha value is -1.07. The summed E-state index contributed by atoms with van der Waals surface area (Å²) in [6.07, 6.45) is 0. The van der Waals surface area contributed by atoms with Gasteiger partial charge in [-0.2, -0.15) is 0 Å². The molecule has 0 heterocycles. The van der Waals surface area contributed by atoms with Gasteiger partial charge in [-0.3, -0.25) is 4.79 Å². The van der Waals surface area contributed by atoms with Crippen molar-refractivity contribution >= 4 is 37.6 Å². The molecule has 0 amide bonds. The Balaban J connectivity index is 2.53. The Morgan fingerprint density at radius 2 is 1.68 bits per heavy atom. The molecule has 0 aromatic heterocycles. The largest absolute Gasteiger partial charge is 0.288 e. The molecule has 0 saturated heterocycles. The van der Waals surface area contributed by atoms with E-state index in [2.05, 4.69) is 31.9 Å². The van der Waals surface area contributed by atoms with Crippen LogP contribution < -0.4 is 0 Å². The number of ketones is 1. The fourth-order valence-corrected chi connectivity index (χ4v) is 2.51. The first-order valence-electron chi connectivity index (χ1n) is 5.35. The number of carbonyl (C=O) groups excluding carboxylic acids is 1. The zero-order chi connectivity index (χ0) is 14.2. The van der Waals surface area contributed by atoms with Gasteiger partial charge in [-0.05, 0) is 58.7 Å². The molecule has 0 aliphatic rings. The summed E-state index contributed by atoms with van der Waals surface area (Å²) in [5, 5.41) is 0. The average molecular weight is 390 g/mol. The maximum absolute atomic E-state index is 13.8. The van der Waals surface area contributed by atoms with Crippen molar-refractivity contribution in [2.75, 3.05) is 0 Å². The van der Waals surface area contributed by atoms with Crippen molar-refractivity contribution in [3.63, 3.8) is 0 Å². The number of halogens is 4. The highest BCUT2D eigenvalue weighted by atomic mass is 79.9. The molecule has 0 aliphatic carbocycles. The summed E-state index contributed by atoms with van der Waals surface area (Å²) in [4.78, 5) is 12.2. The summed E-state index contributed by atoms with van der Waals surface area (Å²) in [5.41, 5.74) is 0.775. The number of aryl methyl sites for hydroxylation is 1. The minimum absolute atomic E-state index is 0.00548. The van der Waals surface area contributed by atoms with E-state index in [1.54, 1.807) is 25.1 Å². The van der Waals surface area contributed by atoms with Gasteiger partial charge >= 0.3 is 0 Å². The molecule has 0 fully saturated rings. The fraction of sp³-hybridized carbons (Fsp3) is 0.0714. The van der Waals surface area contributed by atoms with Gasteiger partial charge in [0.2, 0.25) is 0 Å². The highest BCUT2D eigenvalue weighted by molar-refractivity contribution is 9.10. The van der Waals surface area contributed by atoms with E-state index in [-0.39, 0.29) is 10.0 Å². The standard InChI is InChI=1S/C14H8Br2F2O/c1-7-4-8(15)2-3-9(7)14(19)10-5-13(18)11(16)6-12(10)17/h2-6H,1H3. The Labute approximate surface area is 125 Å². The normalized spacial score (nSPS) is 10.6. The third-order valence-electron chi connectivity index (χ3n) is 2.69. The van der Waals surface area contributed by atoms with E-state index in [4.69, 9.17) is 0 Å². The molecule has 0 aliphatic heterocycles. The lowest BCUT2D eigenvalue weighted by molar-refractivity contribution is 0.103. The lowest BCUT2D eigenvalue weighted by Crippen LogP contribution is -2.07. The second-order valence-electron chi connectivity index (χ2n) is 4.03. The lowest BCUT2D eigenvalue weighted by atomic mass is 9.99. The van der Waals surface area contributed by atoms with Gasteiger partial charge in [0.05, 0.1) is 10.0 Å². The monoisotopic (exact) mass is 388 g/mol. The first-order valence-corrected chi connectivity index (χ1v) is 6.94. The highest BCUT2D eigenvalue weighted by Crippen LogP contribution is 2.24. The molecule has 19 heavy (non-hydrogen) atoms. The first kappa shape index (κ1) is 14.3. The van der Waals surface area contributed by atoms with Crippen LogP contribution in [-0.4, -0.2) is 5.78 Å². The van der Waals surface area contributed by atoms with E-state index in [9.17, 15) is 13.6 Å². The number of hydrogen-bond donors (Lipinski definition) is 0. The Kier molecular flexibility index (Phi) is 4.16. The van der Waals surface area contributed by atoms with Crippen molar-refractivity contribution in [2.45, 2.75) is 6.92 Å². The topological polar surface area (TPSA) is 17.1 Å². The van der Waals surface area contributed by atoms with Crippen molar-refractivity contribution < 1.29 is 13.6 Å². The molecule has 0 spiro atoms. The second-order valence-corrected chi connectivity index (χ2v) is 5.80. The van der Waals surface area contributed by atoms with Crippen LogP contribution in [0.2, 0.25) is 0 Å². The molecule has 2 aromatic rings. The number of carbonyl (C=O) groups is 1. The molecule has 0 unspecified atom stereocenters. The fourth-order valence-electron chi connectivity index (χ4n) is 1.72. The molecule has 0 bridgehead atoms. The van der Waals surface area contributed by atoms with Crippen LogP contribution in [0.3, 0.4) is 0 Å². The molecule has 1 nitrogen and oxygen atoms in total. The predicted octanol–water partition coefficient (Wildman–Crippen LogP) is 5.03. The van der Waals surface area contributed by atoms with Crippen LogP contribution in [-0.2, 0) is 0 Å². The number of rotatable bonds is 2. The van der Waals surface area contributed by atoms with E-state index >= 15 is 0 Å². The molecular formula is C14H8Br2F2O. The maximum Gasteiger partial charge on any atom is 0.196 e. The average Bonchev–Trinajstić information content (AvgIpc) is 2.33. The summed E-state index contributed by atoms with van der Waals surface area (Å²) in [5.74, 6) is -1.95. The van der Waals surface area contributed by atoms with Gasteiger partial charge in [-0.15, -0.1) is 0 Å². The van der Waals surface area contributed by atoms with Crippen molar-refractivity contribution in [1.82, 2.24) is 0 Å². The Morgan fingerprint density at radius 1 is 1.00 bits per heavy atom. The number of benzene rings is 2. The third-order valence-corrected chi connectivity index (χ3v) is 3.79. The molecule has 2 rings (SSSR count). The first-order chi connectivity index (χ1) is 8.90. The van der Waals surface area contributed by atoms with Crippen molar-refractivity contribution in [3.05, 3.63) is 67.6 Å². The van der Waals surface area contributed by atoms with Crippen molar-refractivity contribution in [3.8, 4) is 0 Å². The third kappa shape index (κ3) is 2.92. The smallest absolute Gasteiger partial charge is 0.196 e. The van der Waals surface area contributed by atoms with Crippen LogP contribution >= 0.6 is 31.9 Å². The number of hydrogen-bond acceptors (Lipinski definition) is 1. The molecule has 5 heteroatoms. The van der Waals surface area contributed by atoms with E-state index in [1.165, 1.54) is 0 Å². The zero-order valence-electron chi connectivity index (χ0n) is 9.81. The zero-order valence-corrected chi connectivity index (χ0v) is 13.0. The van der Waals surface area contributed by atoms with Gasteiger partial charge in [0.25, 0.3) is 0 Å². The van der Waals surface area contributed by atoms with E-state index in [0.717, 1.165) is 16.6 Å². The predicted molar refractivity (Wildman–Crippen MR) is 76.4 cm³/mol. The van der Waals surface area contributed by atoms with Crippen LogP contribution in [0.4, 0.5) is 8.78 Å². The molecule has 98 valence electrons. The van der Waals surface area contributed by atoms with E-state index in [1.807, 2.05) is 0 Å². The van der Waals surface area contributed by atoms with Crippen LogP contribution in [0.25, 0.3) is 0 Å². The SMILES string of the molecule is Cc1cc(Br)ccc1C(=O)c1cc(F)c(Br)cc1F. The summed E-state index contributed by atoms with van der Waals surface area (Å²) in [6.45, 7) is 1.74. The second kappa shape index (κ2) is 5.51. The molecule has 0 saturated carbocycles. The van der Waals surface area contributed by atoms with Gasteiger partial charge in [0, 0.05) is 10.0 Å². The van der Waals surface area contributed by atoms with Crippen molar-refractivity contribution in [2.24, 2.45) is 0 Å². The van der Waals surface area contributed by atoms with Crippen LogP contribution in [0.1, 0.15) is 21.5 Å². The lowest BCUT2D eigenvalue weighted by Gasteiger charge is -2.07. The van der Waals surface area contributed by atoms with Gasteiger partial charge in [-0.25, -0.2) is 8.78 Å². The van der Waals surface area contributed by atoms with Crippen LogP contribution in [0.5, 0.6) is 0 Å². The molecular weight excluding hydrogens is 382 g/mol. The van der Waals surface area contributed by atoms with E-state index in [0.29, 0.717) is 11.1 Å². The molecule has 0 N–H and O–H groups in total. The highest BCUT2D eigenvalue weighted by Gasteiger charge is 2.18. The van der Waals surface area contributed by atoms with Crippen LogP contribution in [0, 0.1) is 18.6 Å². The summed E-state index contributed by atoms with van der Waals surface area (Å²) in [6, 6.07) is 6.88. The minimum atomic E-state index is -0.749.